The fraction of sp³-hybridized carbons (Fsp3) is 1.00. The molecule has 80 valence electrons. The molecule has 0 aromatic carbocycles. The molecule has 1 unspecified atom stereocenters. The summed E-state index contributed by atoms with van der Waals surface area (Å²) in [7, 11) is 6.39. The molecule has 0 aliphatic carbocycles. The van der Waals surface area contributed by atoms with Crippen LogP contribution in [0.25, 0.3) is 0 Å². The molecule has 0 fully saturated rings. The quantitative estimate of drug-likeness (QED) is 0.612. The molecule has 0 saturated carbocycles. The van der Waals surface area contributed by atoms with E-state index in [4.69, 9.17) is 0 Å². The summed E-state index contributed by atoms with van der Waals surface area (Å²) < 4.78 is 0. The van der Waals surface area contributed by atoms with Gasteiger partial charge in [-0.3, -0.25) is 0 Å². The lowest BCUT2D eigenvalue weighted by atomic mass is 9.99. The van der Waals surface area contributed by atoms with E-state index in [0.29, 0.717) is 0 Å². The normalized spacial score (nSPS) is 14.1. The lowest BCUT2D eigenvalue weighted by molar-refractivity contribution is 0.238. The van der Waals surface area contributed by atoms with Crippen LogP contribution in [0, 0.1) is 5.92 Å². The first-order chi connectivity index (χ1) is 6.07. The molecule has 2 heteroatoms. The Kier molecular flexibility index (Phi) is 7.29. The van der Waals surface area contributed by atoms with Gasteiger partial charge in [0.25, 0.3) is 0 Å². The molecule has 0 rings (SSSR count). The van der Waals surface area contributed by atoms with Crippen LogP contribution in [0.5, 0.6) is 0 Å². The van der Waals surface area contributed by atoms with E-state index in [0.717, 1.165) is 18.5 Å². The Bertz CT molecular complexity index is 111. The van der Waals surface area contributed by atoms with Gasteiger partial charge in [-0.25, -0.2) is 0 Å². The predicted molar refractivity (Wildman–Crippen MR) is 60.1 cm³/mol. The van der Waals surface area contributed by atoms with Crippen molar-refractivity contribution in [3.8, 4) is 0 Å². The third kappa shape index (κ3) is 7.03. The Balaban J connectivity index is 3.67. The molecule has 0 aromatic rings. The maximum absolute atomic E-state index is 3.20. The minimum atomic E-state index is 0.758. The summed E-state index contributed by atoms with van der Waals surface area (Å²) in [5.74, 6) is 0.807. The van der Waals surface area contributed by atoms with Crippen LogP contribution in [0.2, 0.25) is 0 Å². The zero-order chi connectivity index (χ0) is 10.3. The monoisotopic (exact) mass is 186 g/mol. The van der Waals surface area contributed by atoms with Crippen molar-refractivity contribution >= 4 is 0 Å². The van der Waals surface area contributed by atoms with Gasteiger partial charge in [-0.05, 0) is 52.9 Å². The zero-order valence-electron chi connectivity index (χ0n) is 9.93. The van der Waals surface area contributed by atoms with Crippen LogP contribution >= 0.6 is 0 Å². The summed E-state index contributed by atoms with van der Waals surface area (Å²) in [4.78, 5) is 2.36. The maximum atomic E-state index is 3.20. The van der Waals surface area contributed by atoms with Crippen LogP contribution in [0.4, 0.5) is 0 Å². The molecule has 0 spiro atoms. The van der Waals surface area contributed by atoms with Gasteiger partial charge in [-0.1, -0.05) is 13.8 Å². The van der Waals surface area contributed by atoms with E-state index in [1.165, 1.54) is 19.3 Å². The van der Waals surface area contributed by atoms with Crippen LogP contribution in [-0.4, -0.2) is 38.6 Å². The molecule has 0 radical (unpaired) electrons. The van der Waals surface area contributed by atoms with Crippen molar-refractivity contribution in [3.05, 3.63) is 0 Å². The molecule has 1 N–H and O–H groups in total. The first kappa shape index (κ1) is 12.9. The SMILES string of the molecule is CNCCCC(CC(C)C)N(C)C. The van der Waals surface area contributed by atoms with E-state index in [-0.39, 0.29) is 0 Å². The molecule has 0 aliphatic heterocycles. The Morgan fingerprint density at radius 3 is 2.23 bits per heavy atom. The van der Waals surface area contributed by atoms with Crippen molar-refractivity contribution in [2.75, 3.05) is 27.7 Å². The molecule has 1 atom stereocenters. The number of nitrogens with one attached hydrogen (secondary N) is 1. The Morgan fingerprint density at radius 2 is 1.85 bits per heavy atom. The average molecular weight is 186 g/mol. The van der Waals surface area contributed by atoms with Gasteiger partial charge < -0.3 is 10.2 Å². The minimum absolute atomic E-state index is 0.758. The Hall–Kier alpha value is -0.0800. The van der Waals surface area contributed by atoms with E-state index in [9.17, 15) is 0 Å². The summed E-state index contributed by atoms with van der Waals surface area (Å²) in [5.41, 5.74) is 0. The second kappa shape index (κ2) is 7.34. The molecule has 0 aliphatic rings. The van der Waals surface area contributed by atoms with Crippen molar-refractivity contribution < 1.29 is 0 Å². The molecule has 13 heavy (non-hydrogen) atoms. The summed E-state index contributed by atoms with van der Waals surface area (Å²) in [6.07, 6.45) is 3.91. The molecule has 0 amide bonds. The first-order valence-corrected chi connectivity index (χ1v) is 5.39. The van der Waals surface area contributed by atoms with Gasteiger partial charge in [0, 0.05) is 6.04 Å². The number of rotatable bonds is 7. The van der Waals surface area contributed by atoms with Gasteiger partial charge in [0.05, 0.1) is 0 Å². The third-order valence-corrected chi connectivity index (χ3v) is 2.44. The van der Waals surface area contributed by atoms with Crippen LogP contribution in [0.3, 0.4) is 0 Å². The highest BCUT2D eigenvalue weighted by Gasteiger charge is 2.12. The van der Waals surface area contributed by atoms with Crippen molar-refractivity contribution in [2.45, 2.75) is 39.2 Å². The van der Waals surface area contributed by atoms with Crippen molar-refractivity contribution in [1.82, 2.24) is 10.2 Å². The molecule has 0 heterocycles. The molecular weight excluding hydrogens is 160 g/mol. The third-order valence-electron chi connectivity index (χ3n) is 2.44. The van der Waals surface area contributed by atoms with Crippen molar-refractivity contribution in [1.29, 1.82) is 0 Å². The lowest BCUT2D eigenvalue weighted by Crippen LogP contribution is -2.30. The second-order valence-electron chi connectivity index (χ2n) is 4.49. The molecule has 0 aromatic heterocycles. The topological polar surface area (TPSA) is 15.3 Å². The van der Waals surface area contributed by atoms with E-state index in [1.807, 2.05) is 7.05 Å². The van der Waals surface area contributed by atoms with Crippen LogP contribution in [0.15, 0.2) is 0 Å². The minimum Gasteiger partial charge on any atom is -0.320 e. The molecule has 0 saturated heterocycles. The highest BCUT2D eigenvalue weighted by molar-refractivity contribution is 4.68. The van der Waals surface area contributed by atoms with Gasteiger partial charge in [0.1, 0.15) is 0 Å². The van der Waals surface area contributed by atoms with Crippen LogP contribution in [0.1, 0.15) is 33.1 Å². The predicted octanol–water partition coefficient (Wildman–Crippen LogP) is 1.96. The van der Waals surface area contributed by atoms with E-state index in [2.05, 4.69) is 38.2 Å². The van der Waals surface area contributed by atoms with E-state index < -0.39 is 0 Å². The van der Waals surface area contributed by atoms with Crippen LogP contribution in [-0.2, 0) is 0 Å². The highest BCUT2D eigenvalue weighted by atomic mass is 15.1. The lowest BCUT2D eigenvalue weighted by Gasteiger charge is -2.25. The van der Waals surface area contributed by atoms with Gasteiger partial charge in [0.15, 0.2) is 0 Å². The molecule has 2 nitrogen and oxygen atoms in total. The molecule has 0 bridgehead atoms. The number of hydrogen-bond acceptors (Lipinski definition) is 2. The summed E-state index contributed by atoms with van der Waals surface area (Å²) >= 11 is 0. The fourth-order valence-electron chi connectivity index (χ4n) is 1.65. The standard InChI is InChI=1S/C11H26N2/c1-10(2)9-11(13(4)5)7-6-8-12-3/h10-12H,6-9H2,1-5H3. The maximum Gasteiger partial charge on any atom is 0.00920 e. The van der Waals surface area contributed by atoms with Crippen LogP contribution < -0.4 is 5.32 Å². The van der Waals surface area contributed by atoms with Gasteiger partial charge in [0.2, 0.25) is 0 Å². The Labute approximate surface area is 83.7 Å². The number of hydrogen-bond donors (Lipinski definition) is 1. The molecular formula is C11H26N2. The largest absolute Gasteiger partial charge is 0.320 e. The smallest absolute Gasteiger partial charge is 0.00920 e. The zero-order valence-corrected chi connectivity index (χ0v) is 9.93. The summed E-state index contributed by atoms with van der Waals surface area (Å²) in [6, 6.07) is 0.758. The summed E-state index contributed by atoms with van der Waals surface area (Å²) in [5, 5.41) is 3.20. The number of nitrogens with zero attached hydrogens (tertiary/aromatic N) is 1. The second-order valence-corrected chi connectivity index (χ2v) is 4.49. The van der Waals surface area contributed by atoms with Gasteiger partial charge in [-0.2, -0.15) is 0 Å². The van der Waals surface area contributed by atoms with Crippen molar-refractivity contribution in [2.24, 2.45) is 5.92 Å². The van der Waals surface area contributed by atoms with E-state index in [1.54, 1.807) is 0 Å². The highest BCUT2D eigenvalue weighted by Crippen LogP contribution is 2.13. The summed E-state index contributed by atoms with van der Waals surface area (Å²) in [6.45, 7) is 5.74. The average Bonchev–Trinajstić information content (AvgIpc) is 2.02. The van der Waals surface area contributed by atoms with Gasteiger partial charge in [-0.15, -0.1) is 0 Å². The van der Waals surface area contributed by atoms with Gasteiger partial charge >= 0.3 is 0 Å². The first-order valence-electron chi connectivity index (χ1n) is 5.39. The fourth-order valence-corrected chi connectivity index (χ4v) is 1.65. The Morgan fingerprint density at radius 1 is 1.23 bits per heavy atom. The van der Waals surface area contributed by atoms with Crippen molar-refractivity contribution in [3.63, 3.8) is 0 Å². The van der Waals surface area contributed by atoms with E-state index >= 15 is 0 Å².